The predicted molar refractivity (Wildman–Crippen MR) is 72.2 cm³/mol. The van der Waals surface area contributed by atoms with E-state index >= 15 is 0 Å². The smallest absolute Gasteiger partial charge is 0.129 e. The molecule has 1 heterocycles. The third-order valence-corrected chi connectivity index (χ3v) is 3.20. The average molecular weight is 271 g/mol. The van der Waals surface area contributed by atoms with Gasteiger partial charge in [-0.05, 0) is 42.0 Å². The molecule has 0 aliphatic rings. The molecule has 1 aromatic heterocycles. The molecule has 3 aromatic rings. The van der Waals surface area contributed by atoms with Crippen LogP contribution in [0, 0.1) is 11.6 Å². The minimum atomic E-state index is -1.21. The number of aliphatic hydroxyl groups excluding tert-OH is 1. The Morgan fingerprint density at radius 2 is 1.85 bits per heavy atom. The molecule has 2 nitrogen and oxygen atoms in total. The van der Waals surface area contributed by atoms with Gasteiger partial charge in [-0.3, -0.25) is 4.98 Å². The number of rotatable bonds is 2. The molecule has 0 radical (unpaired) electrons. The maximum absolute atomic E-state index is 13.7. The quantitative estimate of drug-likeness (QED) is 0.772. The van der Waals surface area contributed by atoms with Gasteiger partial charge >= 0.3 is 0 Å². The summed E-state index contributed by atoms with van der Waals surface area (Å²) in [6.45, 7) is 0. The minimum Gasteiger partial charge on any atom is -0.384 e. The Hall–Kier alpha value is -2.33. The molecule has 4 heteroatoms. The van der Waals surface area contributed by atoms with E-state index < -0.39 is 17.7 Å². The first kappa shape index (κ1) is 12.7. The molecule has 0 amide bonds. The second-order valence-electron chi connectivity index (χ2n) is 4.52. The second-order valence-corrected chi connectivity index (χ2v) is 4.52. The Morgan fingerprint density at radius 1 is 1.00 bits per heavy atom. The topological polar surface area (TPSA) is 33.1 Å². The normalized spacial score (nSPS) is 12.6. The number of nitrogens with zero attached hydrogens (tertiary/aromatic N) is 1. The fraction of sp³-hybridized carbons (Fsp3) is 0.0625. The number of fused-ring (bicyclic) bond motifs is 1. The standard InChI is InChI=1S/C16H11F2NO/c17-12-4-5-14(18)13(9-12)16(20)11-3-6-15-10(8-11)2-1-7-19-15/h1-9,16,20H. The number of benzene rings is 2. The van der Waals surface area contributed by atoms with Gasteiger partial charge in [0.2, 0.25) is 0 Å². The number of hydrogen-bond acceptors (Lipinski definition) is 2. The van der Waals surface area contributed by atoms with Crippen molar-refractivity contribution in [3.8, 4) is 0 Å². The van der Waals surface area contributed by atoms with Crippen molar-refractivity contribution in [2.75, 3.05) is 0 Å². The fourth-order valence-corrected chi connectivity index (χ4v) is 2.17. The van der Waals surface area contributed by atoms with Gasteiger partial charge in [0, 0.05) is 17.1 Å². The van der Waals surface area contributed by atoms with Crippen LogP contribution < -0.4 is 0 Å². The Morgan fingerprint density at radius 3 is 2.70 bits per heavy atom. The number of pyridine rings is 1. The van der Waals surface area contributed by atoms with Crippen molar-refractivity contribution in [3.63, 3.8) is 0 Å². The molecule has 1 unspecified atom stereocenters. The average Bonchev–Trinajstić information content (AvgIpc) is 2.48. The zero-order chi connectivity index (χ0) is 14.1. The van der Waals surface area contributed by atoms with Gasteiger partial charge in [-0.2, -0.15) is 0 Å². The molecule has 2 aromatic carbocycles. The van der Waals surface area contributed by atoms with E-state index in [2.05, 4.69) is 4.98 Å². The maximum atomic E-state index is 13.7. The van der Waals surface area contributed by atoms with Gasteiger partial charge in [0.15, 0.2) is 0 Å². The van der Waals surface area contributed by atoms with Gasteiger partial charge < -0.3 is 5.11 Å². The van der Waals surface area contributed by atoms with Gasteiger partial charge in [-0.15, -0.1) is 0 Å². The molecule has 0 fully saturated rings. The van der Waals surface area contributed by atoms with Gasteiger partial charge in [0.25, 0.3) is 0 Å². The van der Waals surface area contributed by atoms with Crippen LogP contribution in [0.25, 0.3) is 10.9 Å². The molecule has 0 saturated heterocycles. The van der Waals surface area contributed by atoms with Gasteiger partial charge in [0.05, 0.1) is 5.52 Å². The highest BCUT2D eigenvalue weighted by atomic mass is 19.1. The van der Waals surface area contributed by atoms with E-state index in [9.17, 15) is 13.9 Å². The number of aliphatic hydroxyl groups is 1. The SMILES string of the molecule is OC(c1ccc2ncccc2c1)c1cc(F)ccc1F. The summed E-state index contributed by atoms with van der Waals surface area (Å²) in [5.74, 6) is -1.21. The largest absolute Gasteiger partial charge is 0.384 e. The first-order valence-corrected chi connectivity index (χ1v) is 6.13. The lowest BCUT2D eigenvalue weighted by molar-refractivity contribution is 0.214. The lowest BCUT2D eigenvalue weighted by atomic mass is 9.99. The van der Waals surface area contributed by atoms with E-state index in [1.54, 1.807) is 30.5 Å². The molecular formula is C16H11F2NO. The number of halogens is 2. The van der Waals surface area contributed by atoms with Crippen molar-refractivity contribution >= 4 is 10.9 Å². The van der Waals surface area contributed by atoms with Crippen LogP contribution in [-0.4, -0.2) is 10.1 Å². The molecule has 1 N–H and O–H groups in total. The second kappa shape index (κ2) is 4.98. The zero-order valence-corrected chi connectivity index (χ0v) is 10.4. The van der Waals surface area contributed by atoms with Crippen molar-refractivity contribution < 1.29 is 13.9 Å². The Kier molecular flexibility index (Phi) is 3.16. The monoisotopic (exact) mass is 271 g/mol. The highest BCUT2D eigenvalue weighted by molar-refractivity contribution is 5.79. The van der Waals surface area contributed by atoms with Crippen LogP contribution in [0.2, 0.25) is 0 Å². The summed E-state index contributed by atoms with van der Waals surface area (Å²) < 4.78 is 26.9. The van der Waals surface area contributed by atoms with E-state index in [1.807, 2.05) is 6.07 Å². The molecule has 20 heavy (non-hydrogen) atoms. The summed E-state index contributed by atoms with van der Waals surface area (Å²) in [7, 11) is 0. The predicted octanol–water partition coefficient (Wildman–Crippen LogP) is 3.59. The fourth-order valence-electron chi connectivity index (χ4n) is 2.17. The van der Waals surface area contributed by atoms with Crippen LogP contribution in [0.1, 0.15) is 17.2 Å². The van der Waals surface area contributed by atoms with Gasteiger partial charge in [-0.25, -0.2) is 8.78 Å². The van der Waals surface area contributed by atoms with Crippen LogP contribution in [-0.2, 0) is 0 Å². The van der Waals surface area contributed by atoms with Crippen LogP contribution in [0.3, 0.4) is 0 Å². The van der Waals surface area contributed by atoms with E-state index in [0.29, 0.717) is 5.56 Å². The molecular weight excluding hydrogens is 260 g/mol. The molecule has 100 valence electrons. The third kappa shape index (κ3) is 2.26. The van der Waals surface area contributed by atoms with Crippen molar-refractivity contribution in [2.45, 2.75) is 6.10 Å². The van der Waals surface area contributed by atoms with Crippen LogP contribution in [0.5, 0.6) is 0 Å². The summed E-state index contributed by atoms with van der Waals surface area (Å²) in [6, 6.07) is 11.8. The van der Waals surface area contributed by atoms with Crippen molar-refractivity contribution in [2.24, 2.45) is 0 Å². The molecule has 0 aliphatic heterocycles. The molecule has 0 spiro atoms. The first-order chi connectivity index (χ1) is 9.65. The molecule has 0 bridgehead atoms. The summed E-state index contributed by atoms with van der Waals surface area (Å²) in [5.41, 5.74) is 1.20. The van der Waals surface area contributed by atoms with Gasteiger partial charge in [0.1, 0.15) is 17.7 Å². The van der Waals surface area contributed by atoms with Crippen LogP contribution in [0.4, 0.5) is 8.78 Å². The third-order valence-electron chi connectivity index (χ3n) is 3.20. The molecule has 3 rings (SSSR count). The maximum Gasteiger partial charge on any atom is 0.129 e. The molecule has 1 atom stereocenters. The Balaban J connectivity index is 2.07. The molecule has 0 aliphatic carbocycles. The minimum absolute atomic E-state index is 0.0757. The van der Waals surface area contributed by atoms with Crippen molar-refractivity contribution in [3.05, 3.63) is 77.5 Å². The van der Waals surface area contributed by atoms with Crippen molar-refractivity contribution in [1.29, 1.82) is 0 Å². The van der Waals surface area contributed by atoms with E-state index in [-0.39, 0.29) is 5.56 Å². The van der Waals surface area contributed by atoms with Crippen molar-refractivity contribution in [1.82, 2.24) is 4.98 Å². The lowest BCUT2D eigenvalue weighted by Gasteiger charge is -2.13. The first-order valence-electron chi connectivity index (χ1n) is 6.13. The van der Waals surface area contributed by atoms with E-state index in [4.69, 9.17) is 0 Å². The zero-order valence-electron chi connectivity index (χ0n) is 10.4. The Bertz CT molecular complexity index is 773. The van der Waals surface area contributed by atoms with E-state index in [0.717, 1.165) is 29.1 Å². The Labute approximate surface area is 114 Å². The summed E-state index contributed by atoms with van der Waals surface area (Å²) in [4.78, 5) is 4.17. The summed E-state index contributed by atoms with van der Waals surface area (Å²) >= 11 is 0. The number of hydrogen-bond donors (Lipinski definition) is 1. The van der Waals surface area contributed by atoms with Gasteiger partial charge in [-0.1, -0.05) is 12.1 Å². The highest BCUT2D eigenvalue weighted by Crippen LogP contribution is 2.27. The molecule has 0 saturated carbocycles. The van der Waals surface area contributed by atoms with E-state index in [1.165, 1.54) is 0 Å². The highest BCUT2D eigenvalue weighted by Gasteiger charge is 2.16. The summed E-state index contributed by atoms with van der Waals surface area (Å²) in [5, 5.41) is 11.1. The van der Waals surface area contributed by atoms with Crippen LogP contribution in [0.15, 0.2) is 54.7 Å². The van der Waals surface area contributed by atoms with Crippen LogP contribution >= 0.6 is 0 Å². The summed E-state index contributed by atoms with van der Waals surface area (Å²) in [6.07, 6.45) is 0.459. The number of aromatic nitrogens is 1. The lowest BCUT2D eigenvalue weighted by Crippen LogP contribution is -2.03.